The van der Waals surface area contributed by atoms with Gasteiger partial charge in [-0.15, -0.1) is 0 Å². The second-order valence-corrected chi connectivity index (χ2v) is 7.93. The largest absolute Gasteiger partial charge is 0.420 e. The highest BCUT2D eigenvalue weighted by atomic mass is 19.4. The SMILES string of the molecule is Cc1cc(C(O)C(F)(F)F)ncc1C1=Cc2cnc(NC(=O)C3CC3F)cc2N(C)C1O. The Morgan fingerprint density at radius 2 is 1.97 bits per heavy atom. The van der Waals surface area contributed by atoms with Crippen molar-refractivity contribution in [2.75, 3.05) is 17.3 Å². The molecule has 4 unspecified atom stereocenters. The number of pyridine rings is 2. The maximum Gasteiger partial charge on any atom is 0.420 e. The van der Waals surface area contributed by atoms with Gasteiger partial charge >= 0.3 is 6.18 Å². The Bertz CT molecular complexity index is 1100. The molecule has 2 aliphatic rings. The number of nitrogens with one attached hydrogen (secondary N) is 1. The molecule has 1 aliphatic carbocycles. The second-order valence-electron chi connectivity index (χ2n) is 7.93. The van der Waals surface area contributed by atoms with Crippen LogP contribution in [0.15, 0.2) is 24.5 Å². The summed E-state index contributed by atoms with van der Waals surface area (Å²) in [5.41, 5.74) is 1.80. The normalized spacial score (nSPS) is 23.3. The maximum atomic E-state index is 13.1. The molecule has 0 radical (unpaired) electrons. The van der Waals surface area contributed by atoms with Gasteiger partial charge in [-0.2, -0.15) is 13.2 Å². The van der Waals surface area contributed by atoms with Crippen molar-refractivity contribution in [2.24, 2.45) is 5.92 Å². The fourth-order valence-electron chi connectivity index (χ4n) is 3.59. The number of nitrogens with zero attached hydrogens (tertiary/aromatic N) is 3. The summed E-state index contributed by atoms with van der Waals surface area (Å²) in [5, 5.41) is 22.8. The van der Waals surface area contributed by atoms with Gasteiger partial charge in [-0.25, -0.2) is 9.37 Å². The van der Waals surface area contributed by atoms with Gasteiger partial charge in [-0.05, 0) is 31.1 Å². The topological polar surface area (TPSA) is 98.6 Å². The predicted molar refractivity (Wildman–Crippen MR) is 108 cm³/mol. The minimum atomic E-state index is -4.84. The first kappa shape index (κ1) is 22.2. The van der Waals surface area contributed by atoms with E-state index in [1.54, 1.807) is 26.1 Å². The summed E-state index contributed by atoms with van der Waals surface area (Å²) in [6.07, 6.45) is -5.38. The van der Waals surface area contributed by atoms with E-state index >= 15 is 0 Å². The highest BCUT2D eigenvalue weighted by molar-refractivity contribution is 5.96. The first-order chi connectivity index (χ1) is 15.0. The number of aliphatic hydroxyl groups excluding tert-OH is 2. The standard InChI is InChI=1S/C21H20F4N4O3/c1-9-3-15(18(30)21(23,24)25)26-8-13(9)11-4-10-7-27-17(6-16(10)29(2)20(11)32)28-19(31)12-5-14(12)22/h3-4,6-8,12,14,18,20,30,32H,5H2,1-2H3,(H,27,28,31). The lowest BCUT2D eigenvalue weighted by Crippen LogP contribution is -2.35. The van der Waals surface area contributed by atoms with Gasteiger partial charge in [0.25, 0.3) is 0 Å². The Hall–Kier alpha value is -3.05. The number of rotatable bonds is 4. The third-order valence-corrected chi connectivity index (χ3v) is 5.58. The molecule has 1 amide bonds. The molecule has 0 saturated heterocycles. The number of alkyl halides is 4. The van der Waals surface area contributed by atoms with Gasteiger partial charge in [0.1, 0.15) is 12.0 Å². The van der Waals surface area contributed by atoms with E-state index in [1.165, 1.54) is 17.3 Å². The fraction of sp³-hybridized carbons (Fsp3) is 0.381. The maximum absolute atomic E-state index is 13.1. The van der Waals surface area contributed by atoms with Gasteiger partial charge in [0.05, 0.1) is 17.3 Å². The molecule has 1 aliphatic heterocycles. The predicted octanol–water partition coefficient (Wildman–Crippen LogP) is 2.99. The van der Waals surface area contributed by atoms with E-state index < -0.39 is 42.2 Å². The van der Waals surface area contributed by atoms with Crippen molar-refractivity contribution in [2.45, 2.75) is 38.0 Å². The lowest BCUT2D eigenvalue weighted by molar-refractivity contribution is -0.208. The van der Waals surface area contributed by atoms with Crippen LogP contribution in [-0.2, 0) is 4.79 Å². The summed E-state index contributed by atoms with van der Waals surface area (Å²) >= 11 is 0. The number of anilines is 2. The molecule has 0 bridgehead atoms. The molecule has 0 spiro atoms. The summed E-state index contributed by atoms with van der Waals surface area (Å²) < 4.78 is 51.4. The fourth-order valence-corrected chi connectivity index (χ4v) is 3.59. The number of halogens is 4. The molecule has 2 aromatic rings. The zero-order chi connectivity index (χ0) is 23.4. The number of fused-ring (bicyclic) bond motifs is 1. The smallest absolute Gasteiger partial charge is 0.378 e. The number of amides is 1. The molecule has 1 saturated carbocycles. The van der Waals surface area contributed by atoms with Crippen molar-refractivity contribution in [1.82, 2.24) is 9.97 Å². The van der Waals surface area contributed by atoms with Crippen LogP contribution in [0.4, 0.5) is 29.1 Å². The third kappa shape index (κ3) is 4.05. The second kappa shape index (κ2) is 7.82. The summed E-state index contributed by atoms with van der Waals surface area (Å²) in [6, 6.07) is 2.68. The molecular formula is C21H20F4N4O3. The highest BCUT2D eigenvalue weighted by Gasteiger charge is 2.44. The zero-order valence-electron chi connectivity index (χ0n) is 17.1. The molecule has 3 heterocycles. The van der Waals surface area contributed by atoms with E-state index in [0.29, 0.717) is 28.0 Å². The number of aryl methyl sites for hydroxylation is 1. The van der Waals surface area contributed by atoms with E-state index in [9.17, 15) is 32.6 Å². The molecule has 2 aromatic heterocycles. The Balaban J connectivity index is 1.64. The van der Waals surface area contributed by atoms with Gasteiger partial charge in [-0.3, -0.25) is 9.78 Å². The summed E-state index contributed by atoms with van der Waals surface area (Å²) in [6.45, 7) is 1.56. The van der Waals surface area contributed by atoms with Crippen LogP contribution < -0.4 is 10.2 Å². The van der Waals surface area contributed by atoms with Crippen molar-refractivity contribution < 1.29 is 32.6 Å². The lowest BCUT2D eigenvalue weighted by Gasteiger charge is -2.33. The first-order valence-electron chi connectivity index (χ1n) is 9.76. The van der Waals surface area contributed by atoms with E-state index in [4.69, 9.17) is 0 Å². The first-order valence-corrected chi connectivity index (χ1v) is 9.76. The van der Waals surface area contributed by atoms with E-state index in [-0.39, 0.29) is 12.2 Å². The third-order valence-electron chi connectivity index (χ3n) is 5.58. The van der Waals surface area contributed by atoms with Crippen molar-refractivity contribution >= 4 is 29.1 Å². The Morgan fingerprint density at radius 3 is 2.56 bits per heavy atom. The van der Waals surface area contributed by atoms with Gasteiger partial charge in [-0.1, -0.05) is 0 Å². The highest BCUT2D eigenvalue weighted by Crippen LogP contribution is 2.39. The van der Waals surface area contributed by atoms with Crippen LogP contribution in [0.2, 0.25) is 0 Å². The molecule has 4 rings (SSSR count). The summed E-state index contributed by atoms with van der Waals surface area (Å²) in [4.78, 5) is 21.4. The van der Waals surface area contributed by atoms with Crippen molar-refractivity contribution in [1.29, 1.82) is 0 Å². The van der Waals surface area contributed by atoms with Crippen molar-refractivity contribution in [3.8, 4) is 0 Å². The van der Waals surface area contributed by atoms with Crippen LogP contribution in [0.25, 0.3) is 11.6 Å². The quantitative estimate of drug-likeness (QED) is 0.617. The van der Waals surface area contributed by atoms with Gasteiger partial charge in [0.2, 0.25) is 5.91 Å². The van der Waals surface area contributed by atoms with Crippen LogP contribution >= 0.6 is 0 Å². The molecule has 32 heavy (non-hydrogen) atoms. The minimum Gasteiger partial charge on any atom is -0.378 e. The van der Waals surface area contributed by atoms with Gasteiger partial charge in [0, 0.05) is 42.2 Å². The molecule has 4 atom stereocenters. The Kier molecular flexibility index (Phi) is 5.41. The van der Waals surface area contributed by atoms with E-state index in [0.717, 1.165) is 6.07 Å². The van der Waals surface area contributed by atoms with Gasteiger partial charge < -0.3 is 20.4 Å². The number of aromatic nitrogens is 2. The average Bonchev–Trinajstić information content (AvgIpc) is 3.47. The average molecular weight is 452 g/mol. The number of carbonyl (C=O) groups excluding carboxylic acids is 1. The van der Waals surface area contributed by atoms with Crippen LogP contribution in [0.5, 0.6) is 0 Å². The van der Waals surface area contributed by atoms with Crippen LogP contribution in [0, 0.1) is 12.8 Å². The Labute approximate surface area is 180 Å². The molecule has 170 valence electrons. The van der Waals surface area contributed by atoms with Crippen LogP contribution in [0.1, 0.15) is 34.9 Å². The van der Waals surface area contributed by atoms with Crippen LogP contribution in [-0.4, -0.2) is 51.7 Å². The molecule has 1 fully saturated rings. The summed E-state index contributed by atoms with van der Waals surface area (Å²) in [5.74, 6) is -0.910. The number of aliphatic hydroxyl groups is 2. The monoisotopic (exact) mass is 452 g/mol. The van der Waals surface area contributed by atoms with E-state index in [1.807, 2.05) is 0 Å². The summed E-state index contributed by atoms with van der Waals surface area (Å²) in [7, 11) is 1.60. The molecule has 7 nitrogen and oxygen atoms in total. The number of carbonyl (C=O) groups is 1. The molecule has 0 aromatic carbocycles. The molecular weight excluding hydrogens is 432 g/mol. The van der Waals surface area contributed by atoms with Crippen molar-refractivity contribution in [3.05, 3.63) is 46.9 Å². The van der Waals surface area contributed by atoms with Gasteiger partial charge in [0.15, 0.2) is 12.3 Å². The number of likely N-dealkylation sites (N-methyl/N-ethyl adjacent to an activating group) is 1. The van der Waals surface area contributed by atoms with Crippen molar-refractivity contribution in [3.63, 3.8) is 0 Å². The lowest BCUT2D eigenvalue weighted by atomic mass is 9.94. The Morgan fingerprint density at radius 1 is 1.28 bits per heavy atom. The minimum absolute atomic E-state index is 0.188. The number of hydrogen-bond acceptors (Lipinski definition) is 6. The number of hydrogen-bond donors (Lipinski definition) is 3. The van der Waals surface area contributed by atoms with E-state index in [2.05, 4.69) is 15.3 Å². The zero-order valence-corrected chi connectivity index (χ0v) is 17.1. The molecule has 3 N–H and O–H groups in total. The van der Waals surface area contributed by atoms with Crippen LogP contribution in [0.3, 0.4) is 0 Å². The molecule has 11 heteroatoms.